The number of hydrogen-bond donors (Lipinski definition) is 0. The molecule has 0 aromatic heterocycles. The Hall–Kier alpha value is -2.29. The van der Waals surface area contributed by atoms with E-state index in [1.807, 2.05) is 36.4 Å². The number of hydrogen-bond acceptors (Lipinski definition) is 3. The maximum atomic E-state index is 12.4. The zero-order valence-corrected chi connectivity index (χ0v) is 10.6. The van der Waals surface area contributed by atoms with Crippen LogP contribution in [0.4, 0.5) is 0 Å². The SMILES string of the molecule is COc1cccc(C(=O)C2Cc3ccccc3O2)c1. The number of benzene rings is 2. The average molecular weight is 254 g/mol. The van der Waals surface area contributed by atoms with Crippen LogP contribution in [0, 0.1) is 0 Å². The molecule has 96 valence electrons. The Morgan fingerprint density at radius 2 is 2.05 bits per heavy atom. The number of para-hydroxylation sites is 1. The second-order valence-electron chi connectivity index (χ2n) is 4.51. The molecule has 0 fully saturated rings. The van der Waals surface area contributed by atoms with Gasteiger partial charge in [-0.25, -0.2) is 0 Å². The molecule has 19 heavy (non-hydrogen) atoms. The first-order chi connectivity index (χ1) is 9.28. The van der Waals surface area contributed by atoms with Crippen LogP contribution < -0.4 is 9.47 Å². The number of carbonyl (C=O) groups excluding carboxylic acids is 1. The summed E-state index contributed by atoms with van der Waals surface area (Å²) in [6.45, 7) is 0. The number of methoxy groups -OCH3 is 1. The average Bonchev–Trinajstić information content (AvgIpc) is 2.90. The van der Waals surface area contributed by atoms with Gasteiger partial charge in [-0.2, -0.15) is 0 Å². The fraction of sp³-hybridized carbons (Fsp3) is 0.188. The molecule has 1 unspecified atom stereocenters. The quantitative estimate of drug-likeness (QED) is 0.790. The largest absolute Gasteiger partial charge is 0.497 e. The van der Waals surface area contributed by atoms with Crippen molar-refractivity contribution in [3.05, 3.63) is 59.7 Å². The van der Waals surface area contributed by atoms with Gasteiger partial charge in [-0.1, -0.05) is 30.3 Å². The fourth-order valence-corrected chi connectivity index (χ4v) is 2.29. The van der Waals surface area contributed by atoms with Crippen LogP contribution in [-0.4, -0.2) is 19.0 Å². The molecule has 3 rings (SSSR count). The predicted octanol–water partition coefficient (Wildman–Crippen LogP) is 2.88. The monoisotopic (exact) mass is 254 g/mol. The lowest BCUT2D eigenvalue weighted by Gasteiger charge is -2.10. The molecule has 0 spiro atoms. The third-order valence-electron chi connectivity index (χ3n) is 3.29. The summed E-state index contributed by atoms with van der Waals surface area (Å²) in [4.78, 5) is 12.4. The van der Waals surface area contributed by atoms with Gasteiger partial charge in [0, 0.05) is 12.0 Å². The highest BCUT2D eigenvalue weighted by Crippen LogP contribution is 2.30. The minimum absolute atomic E-state index is 0.00454. The van der Waals surface area contributed by atoms with E-state index in [9.17, 15) is 4.79 Å². The first kappa shape index (κ1) is 11.8. The summed E-state index contributed by atoms with van der Waals surface area (Å²) < 4.78 is 10.8. The van der Waals surface area contributed by atoms with Gasteiger partial charge in [0.25, 0.3) is 0 Å². The summed E-state index contributed by atoms with van der Waals surface area (Å²) in [6.07, 6.45) is 0.205. The first-order valence-electron chi connectivity index (χ1n) is 6.21. The van der Waals surface area contributed by atoms with Crippen molar-refractivity contribution in [2.75, 3.05) is 7.11 Å². The Bertz CT molecular complexity index is 594. The Labute approximate surface area is 111 Å². The van der Waals surface area contributed by atoms with E-state index in [0.717, 1.165) is 11.3 Å². The molecule has 0 amide bonds. The van der Waals surface area contributed by atoms with Gasteiger partial charge in [0.15, 0.2) is 6.10 Å². The van der Waals surface area contributed by atoms with Crippen molar-refractivity contribution in [1.29, 1.82) is 0 Å². The summed E-state index contributed by atoms with van der Waals surface area (Å²) in [5.74, 6) is 1.49. The van der Waals surface area contributed by atoms with Gasteiger partial charge in [0.05, 0.1) is 7.11 Å². The minimum atomic E-state index is -0.426. The molecule has 1 heterocycles. The van der Waals surface area contributed by atoms with Gasteiger partial charge in [-0.3, -0.25) is 4.79 Å². The van der Waals surface area contributed by atoms with Crippen LogP contribution in [0.2, 0.25) is 0 Å². The van der Waals surface area contributed by atoms with E-state index < -0.39 is 6.10 Å². The zero-order chi connectivity index (χ0) is 13.2. The Balaban J connectivity index is 1.83. The predicted molar refractivity (Wildman–Crippen MR) is 71.9 cm³/mol. The van der Waals surface area contributed by atoms with E-state index in [0.29, 0.717) is 17.7 Å². The molecule has 2 aromatic carbocycles. The summed E-state index contributed by atoms with van der Waals surface area (Å²) in [7, 11) is 1.59. The summed E-state index contributed by atoms with van der Waals surface area (Å²) >= 11 is 0. The number of ketones is 1. The van der Waals surface area contributed by atoms with Crippen LogP contribution in [0.15, 0.2) is 48.5 Å². The van der Waals surface area contributed by atoms with Crippen LogP contribution in [0.5, 0.6) is 11.5 Å². The topological polar surface area (TPSA) is 35.5 Å². The maximum absolute atomic E-state index is 12.4. The molecule has 0 radical (unpaired) electrons. The molecule has 0 bridgehead atoms. The van der Waals surface area contributed by atoms with Crippen molar-refractivity contribution < 1.29 is 14.3 Å². The molecule has 0 aliphatic carbocycles. The van der Waals surface area contributed by atoms with Crippen LogP contribution >= 0.6 is 0 Å². The van der Waals surface area contributed by atoms with Gasteiger partial charge in [0.2, 0.25) is 5.78 Å². The minimum Gasteiger partial charge on any atom is -0.497 e. The Morgan fingerprint density at radius 1 is 1.21 bits per heavy atom. The van der Waals surface area contributed by atoms with Gasteiger partial charge in [-0.05, 0) is 23.8 Å². The van der Waals surface area contributed by atoms with E-state index in [2.05, 4.69) is 0 Å². The molecule has 1 atom stereocenters. The van der Waals surface area contributed by atoms with E-state index in [1.54, 1.807) is 19.2 Å². The maximum Gasteiger partial charge on any atom is 0.203 e. The van der Waals surface area contributed by atoms with E-state index in [4.69, 9.17) is 9.47 Å². The van der Waals surface area contributed by atoms with E-state index >= 15 is 0 Å². The second-order valence-corrected chi connectivity index (χ2v) is 4.51. The standard InChI is InChI=1S/C16H14O3/c1-18-13-7-4-6-12(9-13)16(17)15-10-11-5-2-3-8-14(11)19-15/h2-9,15H,10H2,1H3. The number of fused-ring (bicyclic) bond motifs is 1. The third kappa shape index (κ3) is 2.19. The lowest BCUT2D eigenvalue weighted by Crippen LogP contribution is -2.25. The normalized spacial score (nSPS) is 16.6. The van der Waals surface area contributed by atoms with Crippen molar-refractivity contribution in [3.63, 3.8) is 0 Å². The molecule has 0 N–H and O–H groups in total. The molecule has 1 aliphatic rings. The van der Waals surface area contributed by atoms with Crippen molar-refractivity contribution in [2.24, 2.45) is 0 Å². The second kappa shape index (κ2) is 4.76. The molecular formula is C16H14O3. The highest BCUT2D eigenvalue weighted by atomic mass is 16.5. The van der Waals surface area contributed by atoms with Gasteiger partial charge in [0.1, 0.15) is 11.5 Å². The third-order valence-corrected chi connectivity index (χ3v) is 3.29. The summed E-state index contributed by atoms with van der Waals surface area (Å²) in [6, 6.07) is 14.9. The lowest BCUT2D eigenvalue weighted by atomic mass is 10.0. The van der Waals surface area contributed by atoms with Gasteiger partial charge >= 0.3 is 0 Å². The molecular weight excluding hydrogens is 240 g/mol. The van der Waals surface area contributed by atoms with E-state index in [1.165, 1.54) is 0 Å². The van der Waals surface area contributed by atoms with Crippen LogP contribution in [-0.2, 0) is 6.42 Å². The summed E-state index contributed by atoms with van der Waals surface area (Å²) in [5.41, 5.74) is 1.71. The Kier molecular flexibility index (Phi) is 2.95. The fourth-order valence-electron chi connectivity index (χ4n) is 2.29. The van der Waals surface area contributed by atoms with Crippen molar-refractivity contribution in [1.82, 2.24) is 0 Å². The van der Waals surface area contributed by atoms with Crippen LogP contribution in [0.1, 0.15) is 15.9 Å². The summed E-state index contributed by atoms with van der Waals surface area (Å²) in [5, 5.41) is 0. The number of carbonyl (C=O) groups is 1. The lowest BCUT2D eigenvalue weighted by molar-refractivity contribution is 0.0824. The highest BCUT2D eigenvalue weighted by Gasteiger charge is 2.29. The molecule has 0 saturated heterocycles. The number of ether oxygens (including phenoxy) is 2. The molecule has 3 heteroatoms. The van der Waals surface area contributed by atoms with E-state index in [-0.39, 0.29) is 5.78 Å². The number of Topliss-reactive ketones (excluding diaryl/α,β-unsaturated/α-hetero) is 1. The van der Waals surface area contributed by atoms with Crippen molar-refractivity contribution in [2.45, 2.75) is 12.5 Å². The molecule has 1 aliphatic heterocycles. The van der Waals surface area contributed by atoms with Crippen molar-refractivity contribution >= 4 is 5.78 Å². The first-order valence-corrected chi connectivity index (χ1v) is 6.21. The van der Waals surface area contributed by atoms with Crippen LogP contribution in [0.25, 0.3) is 0 Å². The molecule has 3 nitrogen and oxygen atoms in total. The van der Waals surface area contributed by atoms with Crippen molar-refractivity contribution in [3.8, 4) is 11.5 Å². The Morgan fingerprint density at radius 3 is 2.84 bits per heavy atom. The zero-order valence-electron chi connectivity index (χ0n) is 10.6. The number of rotatable bonds is 3. The molecule has 0 saturated carbocycles. The van der Waals surface area contributed by atoms with Gasteiger partial charge < -0.3 is 9.47 Å². The van der Waals surface area contributed by atoms with Crippen LogP contribution in [0.3, 0.4) is 0 Å². The molecule has 2 aromatic rings. The smallest absolute Gasteiger partial charge is 0.203 e. The highest BCUT2D eigenvalue weighted by molar-refractivity contribution is 6.00. The van der Waals surface area contributed by atoms with Gasteiger partial charge in [-0.15, -0.1) is 0 Å².